The van der Waals surface area contributed by atoms with Crippen molar-refractivity contribution in [2.75, 3.05) is 16.8 Å². The summed E-state index contributed by atoms with van der Waals surface area (Å²) in [5, 5.41) is 13.7. The van der Waals surface area contributed by atoms with Crippen LogP contribution in [0.25, 0.3) is 0 Å². The molecule has 9 nitrogen and oxygen atoms in total. The van der Waals surface area contributed by atoms with Crippen molar-refractivity contribution < 1.29 is 23.7 Å². The first-order chi connectivity index (χ1) is 16.7. The Morgan fingerprint density at radius 2 is 1.71 bits per heavy atom. The molecule has 2 aliphatic rings. The van der Waals surface area contributed by atoms with Gasteiger partial charge in [-0.05, 0) is 41.5 Å². The van der Waals surface area contributed by atoms with Crippen molar-refractivity contribution in [3.8, 4) is 0 Å². The summed E-state index contributed by atoms with van der Waals surface area (Å²) in [7, 11) is 1.70. The van der Waals surface area contributed by atoms with Crippen molar-refractivity contribution in [1.82, 2.24) is 5.32 Å². The van der Waals surface area contributed by atoms with Crippen LogP contribution in [0.2, 0.25) is 0 Å². The van der Waals surface area contributed by atoms with E-state index in [1.165, 1.54) is 24.3 Å². The van der Waals surface area contributed by atoms with Crippen molar-refractivity contribution in [2.45, 2.75) is 12.5 Å². The summed E-state index contributed by atoms with van der Waals surface area (Å²) in [5.41, 5.74) is -0.219. The molecule has 3 aromatic carbocycles. The van der Waals surface area contributed by atoms with Gasteiger partial charge < -0.3 is 4.90 Å². The van der Waals surface area contributed by atoms with Crippen LogP contribution in [-0.4, -0.2) is 29.8 Å². The van der Waals surface area contributed by atoms with E-state index in [2.05, 4.69) is 5.32 Å². The van der Waals surface area contributed by atoms with Crippen LogP contribution >= 0.6 is 0 Å². The topological polar surface area (TPSA) is 113 Å². The van der Waals surface area contributed by atoms with Crippen LogP contribution in [0.4, 0.5) is 26.2 Å². The van der Waals surface area contributed by atoms with Crippen molar-refractivity contribution in [1.29, 1.82) is 0 Å². The van der Waals surface area contributed by atoms with Crippen LogP contribution in [0.15, 0.2) is 72.8 Å². The number of carbonyl (C=O) groups is 3. The third-order valence-corrected chi connectivity index (χ3v) is 6.59. The van der Waals surface area contributed by atoms with Crippen LogP contribution in [0.3, 0.4) is 0 Å². The normalized spacial score (nSPS) is 21.7. The molecule has 1 saturated heterocycles. The Balaban J connectivity index is 1.74. The molecule has 0 saturated carbocycles. The van der Waals surface area contributed by atoms with Gasteiger partial charge in [-0.1, -0.05) is 30.3 Å². The fourth-order valence-corrected chi connectivity index (χ4v) is 5.06. The molecule has 2 heterocycles. The zero-order valence-electron chi connectivity index (χ0n) is 18.5. The summed E-state index contributed by atoms with van der Waals surface area (Å²) in [6, 6.07) is 16.2. The van der Waals surface area contributed by atoms with Crippen molar-refractivity contribution >= 4 is 34.9 Å². The minimum absolute atomic E-state index is 0.0973. The maximum atomic E-state index is 14.2. The van der Waals surface area contributed by atoms with Gasteiger partial charge in [-0.25, -0.2) is 14.1 Å². The molecule has 4 amide bonds. The van der Waals surface area contributed by atoms with E-state index in [1.54, 1.807) is 48.3 Å². The Bertz CT molecular complexity index is 1380. The van der Waals surface area contributed by atoms with Crippen LogP contribution in [0, 0.1) is 21.3 Å². The molecule has 35 heavy (non-hydrogen) atoms. The highest BCUT2D eigenvalue weighted by Gasteiger charge is 2.62. The summed E-state index contributed by atoms with van der Waals surface area (Å²) >= 11 is 0. The quantitative estimate of drug-likeness (QED) is 0.352. The third-order valence-electron chi connectivity index (χ3n) is 6.59. The number of fused-ring (bicyclic) bond motifs is 1. The van der Waals surface area contributed by atoms with Crippen molar-refractivity contribution in [3.05, 3.63) is 99.9 Å². The number of hydrogen-bond donors (Lipinski definition) is 1. The Morgan fingerprint density at radius 1 is 1.03 bits per heavy atom. The maximum absolute atomic E-state index is 14.2. The highest BCUT2D eigenvalue weighted by Crippen LogP contribution is 2.52. The molecular weight excluding hydrogens is 455 g/mol. The fraction of sp³-hybridized carbons (Fsp3) is 0.160. The number of carbonyl (C=O) groups excluding carboxylic acids is 3. The maximum Gasteiger partial charge on any atom is 0.335 e. The number of barbiturate groups is 1. The first kappa shape index (κ1) is 22.2. The van der Waals surface area contributed by atoms with Crippen LogP contribution < -0.4 is 15.1 Å². The molecule has 10 heteroatoms. The summed E-state index contributed by atoms with van der Waals surface area (Å²) in [6.45, 7) is 0. The average Bonchev–Trinajstić information content (AvgIpc) is 2.84. The number of anilines is 2. The lowest BCUT2D eigenvalue weighted by atomic mass is 9.66. The van der Waals surface area contributed by atoms with E-state index in [1.807, 2.05) is 0 Å². The third kappa shape index (κ3) is 3.33. The number of imide groups is 2. The largest absolute Gasteiger partial charge is 0.366 e. The zero-order valence-corrected chi connectivity index (χ0v) is 18.5. The van der Waals surface area contributed by atoms with E-state index in [4.69, 9.17) is 0 Å². The van der Waals surface area contributed by atoms with E-state index in [0.29, 0.717) is 16.8 Å². The van der Waals surface area contributed by atoms with Crippen LogP contribution in [-0.2, 0) is 16.0 Å². The smallest absolute Gasteiger partial charge is 0.335 e. The minimum Gasteiger partial charge on any atom is -0.366 e. The highest BCUT2D eigenvalue weighted by atomic mass is 19.1. The molecular formula is C25H19FN4O5. The van der Waals surface area contributed by atoms with Gasteiger partial charge in [0.2, 0.25) is 5.91 Å². The van der Waals surface area contributed by atoms with Gasteiger partial charge in [0.05, 0.1) is 16.7 Å². The van der Waals surface area contributed by atoms with E-state index in [-0.39, 0.29) is 17.8 Å². The fourth-order valence-electron chi connectivity index (χ4n) is 5.06. The Morgan fingerprint density at radius 3 is 2.37 bits per heavy atom. The number of amides is 4. The first-order valence-corrected chi connectivity index (χ1v) is 10.7. The van der Waals surface area contributed by atoms with Gasteiger partial charge in [0.15, 0.2) is 5.41 Å². The lowest BCUT2D eigenvalue weighted by Gasteiger charge is -2.50. The molecule has 0 radical (unpaired) electrons. The van der Waals surface area contributed by atoms with Crippen molar-refractivity contribution in [3.63, 3.8) is 0 Å². The van der Waals surface area contributed by atoms with Crippen LogP contribution in [0.1, 0.15) is 17.2 Å². The molecule has 3 aromatic rings. The molecule has 2 aliphatic heterocycles. The van der Waals surface area contributed by atoms with E-state index in [9.17, 15) is 28.9 Å². The van der Waals surface area contributed by atoms with Crippen molar-refractivity contribution in [2.24, 2.45) is 5.41 Å². The SMILES string of the molecule is CN1c2ccc([N+](=O)[O-])cc2C[C@]2(C(=O)NC(=O)N(c3ccc(F)cc3)C2=O)[C@@H]1c1ccccc1. The number of rotatable bonds is 3. The number of nitrogens with zero attached hydrogens (tertiary/aromatic N) is 3. The molecule has 1 N–H and O–H groups in total. The second-order valence-corrected chi connectivity index (χ2v) is 8.52. The predicted octanol–water partition coefficient (Wildman–Crippen LogP) is 3.74. The Labute approximate surface area is 198 Å². The molecule has 5 rings (SSSR count). The van der Waals surface area contributed by atoms with E-state index in [0.717, 1.165) is 17.0 Å². The summed E-state index contributed by atoms with van der Waals surface area (Å²) in [4.78, 5) is 54.0. The number of urea groups is 1. The zero-order chi connectivity index (χ0) is 24.9. The number of benzene rings is 3. The Hall–Kier alpha value is -4.60. The lowest BCUT2D eigenvalue weighted by Crippen LogP contribution is -2.69. The molecule has 0 aromatic heterocycles. The van der Waals surface area contributed by atoms with Gasteiger partial charge >= 0.3 is 6.03 Å². The number of halogens is 1. The first-order valence-electron chi connectivity index (χ1n) is 10.7. The molecule has 0 bridgehead atoms. The van der Waals surface area contributed by atoms with Crippen LogP contribution in [0.5, 0.6) is 0 Å². The molecule has 1 spiro atoms. The predicted molar refractivity (Wildman–Crippen MR) is 124 cm³/mol. The van der Waals surface area contributed by atoms with Gasteiger partial charge in [0.25, 0.3) is 11.6 Å². The molecule has 1 fully saturated rings. The van der Waals surface area contributed by atoms with E-state index >= 15 is 0 Å². The van der Waals surface area contributed by atoms with Gasteiger partial charge in [-0.15, -0.1) is 0 Å². The second kappa shape index (κ2) is 8.01. The molecule has 0 aliphatic carbocycles. The second-order valence-electron chi connectivity index (χ2n) is 8.52. The summed E-state index contributed by atoms with van der Waals surface area (Å²) in [6.07, 6.45) is -0.177. The highest BCUT2D eigenvalue weighted by molar-refractivity contribution is 6.30. The number of nitrogens with one attached hydrogen (secondary N) is 1. The number of hydrogen-bond acceptors (Lipinski definition) is 6. The minimum atomic E-state index is -1.83. The van der Waals surface area contributed by atoms with Gasteiger partial charge in [-0.3, -0.25) is 25.0 Å². The lowest BCUT2D eigenvalue weighted by molar-refractivity contribution is -0.384. The number of nitro groups is 1. The molecule has 176 valence electrons. The molecule has 0 unspecified atom stereocenters. The van der Waals surface area contributed by atoms with Gasteiger partial charge in [-0.2, -0.15) is 0 Å². The van der Waals surface area contributed by atoms with E-state index < -0.39 is 40.0 Å². The van der Waals surface area contributed by atoms with Gasteiger partial charge in [0.1, 0.15) is 5.82 Å². The Kier molecular flexibility index (Phi) is 5.08. The number of nitro benzene ring substituents is 1. The molecule has 2 atom stereocenters. The summed E-state index contributed by atoms with van der Waals surface area (Å²) in [5.74, 6) is -2.15. The number of non-ortho nitro benzene ring substituents is 1. The summed E-state index contributed by atoms with van der Waals surface area (Å²) < 4.78 is 13.5. The average molecular weight is 474 g/mol. The monoisotopic (exact) mass is 474 g/mol. The standard InChI is InChI=1S/C25H19FN4O5/c1-28-20-12-11-19(30(34)35)13-16(20)14-25(21(28)15-5-3-2-4-6-15)22(31)27-24(33)29(23(25)32)18-9-7-17(26)8-10-18/h2-13,21H,14H2,1H3,(H,27,31,33)/t21-,25+/m0/s1. The van der Waals surface area contributed by atoms with Gasteiger partial charge in [0, 0.05) is 31.3 Å².